The van der Waals surface area contributed by atoms with E-state index in [9.17, 15) is 0 Å². The van der Waals surface area contributed by atoms with E-state index in [0.717, 1.165) is 48.8 Å². The van der Waals surface area contributed by atoms with Crippen LogP contribution in [0.25, 0.3) is 21.3 Å². The monoisotopic (exact) mass is 439 g/mol. The second kappa shape index (κ2) is 6.83. The number of hydrogen-bond acceptors (Lipinski definition) is 6. The maximum Gasteiger partial charge on any atom is 0.170 e. The van der Waals surface area contributed by atoms with E-state index in [4.69, 9.17) is 9.47 Å². The molecule has 4 aromatic rings. The van der Waals surface area contributed by atoms with Crippen LogP contribution in [-0.2, 0) is 0 Å². The van der Waals surface area contributed by atoms with Gasteiger partial charge in [-0.25, -0.2) is 0 Å². The predicted octanol–water partition coefficient (Wildman–Crippen LogP) is 5.64. The first-order chi connectivity index (χ1) is 13.3. The van der Waals surface area contributed by atoms with Crippen molar-refractivity contribution in [2.45, 2.75) is 0 Å². The largest absolute Gasteiger partial charge is 0.486 e. The van der Waals surface area contributed by atoms with E-state index in [1.54, 1.807) is 6.20 Å². The van der Waals surface area contributed by atoms with Gasteiger partial charge in [0, 0.05) is 10.7 Å². The molecular weight excluding hydrogens is 426 g/mol. The number of aromatic nitrogens is 2. The highest BCUT2D eigenvalue weighted by atomic mass is 79.9. The van der Waals surface area contributed by atoms with Crippen molar-refractivity contribution in [3.8, 4) is 22.6 Å². The molecule has 5 nitrogen and oxygen atoms in total. The molecule has 134 valence electrons. The molecule has 0 unspecified atom stereocenters. The molecule has 0 fully saturated rings. The summed E-state index contributed by atoms with van der Waals surface area (Å²) < 4.78 is 17.8. The number of halogens is 1. The summed E-state index contributed by atoms with van der Waals surface area (Å²) in [5, 5.41) is 3.40. The van der Waals surface area contributed by atoms with Crippen LogP contribution in [0.2, 0.25) is 0 Å². The highest BCUT2D eigenvalue weighted by molar-refractivity contribution is 9.10. The third-order valence-corrected chi connectivity index (χ3v) is 5.99. The van der Waals surface area contributed by atoms with E-state index in [0.29, 0.717) is 13.2 Å². The Morgan fingerprint density at radius 3 is 2.81 bits per heavy atom. The van der Waals surface area contributed by atoms with E-state index in [1.165, 1.54) is 11.5 Å². The zero-order valence-electron chi connectivity index (χ0n) is 14.1. The van der Waals surface area contributed by atoms with Crippen molar-refractivity contribution in [2.75, 3.05) is 18.5 Å². The van der Waals surface area contributed by atoms with Gasteiger partial charge in [-0.1, -0.05) is 18.2 Å². The van der Waals surface area contributed by atoms with Gasteiger partial charge in [0.1, 0.15) is 18.7 Å². The van der Waals surface area contributed by atoms with E-state index in [2.05, 4.69) is 36.7 Å². The first-order valence-electron chi connectivity index (χ1n) is 8.45. The topological polar surface area (TPSA) is 56.3 Å². The van der Waals surface area contributed by atoms with E-state index >= 15 is 0 Å². The molecule has 1 N–H and O–H groups in total. The molecule has 27 heavy (non-hydrogen) atoms. The molecule has 0 aliphatic carbocycles. The highest BCUT2D eigenvalue weighted by Gasteiger charge is 2.15. The first-order valence-corrected chi connectivity index (χ1v) is 10.0. The van der Waals surface area contributed by atoms with Crippen LogP contribution in [0.5, 0.6) is 11.5 Å². The van der Waals surface area contributed by atoms with Crippen LogP contribution in [0, 0.1) is 0 Å². The van der Waals surface area contributed by atoms with Crippen LogP contribution in [-0.4, -0.2) is 22.6 Å². The molecule has 7 heteroatoms. The minimum atomic E-state index is 0.573. The SMILES string of the molecule is Brc1c(Nc2nsc3cccnc23)cccc1-c1ccc2c(c1)OCCO2. The molecular formula is C20H14BrN3O2S. The number of anilines is 2. The van der Waals surface area contributed by atoms with Gasteiger partial charge in [0.25, 0.3) is 0 Å². The van der Waals surface area contributed by atoms with Gasteiger partial charge >= 0.3 is 0 Å². The van der Waals surface area contributed by atoms with Crippen LogP contribution in [0.3, 0.4) is 0 Å². The molecule has 1 aliphatic heterocycles. The third-order valence-electron chi connectivity index (χ3n) is 4.34. The summed E-state index contributed by atoms with van der Waals surface area (Å²) in [7, 11) is 0. The number of rotatable bonds is 3. The van der Waals surface area contributed by atoms with Crippen LogP contribution >= 0.6 is 27.5 Å². The molecule has 0 saturated carbocycles. The summed E-state index contributed by atoms with van der Waals surface area (Å²) >= 11 is 5.18. The quantitative estimate of drug-likeness (QED) is 0.447. The Labute approximate surface area is 168 Å². The second-order valence-electron chi connectivity index (χ2n) is 6.03. The average Bonchev–Trinajstić information content (AvgIpc) is 3.12. The number of nitrogens with one attached hydrogen (secondary N) is 1. The van der Waals surface area contributed by atoms with Crippen molar-refractivity contribution in [3.63, 3.8) is 0 Å². The average molecular weight is 440 g/mol. The molecule has 3 heterocycles. The predicted molar refractivity (Wildman–Crippen MR) is 111 cm³/mol. The lowest BCUT2D eigenvalue weighted by Crippen LogP contribution is -2.15. The lowest BCUT2D eigenvalue weighted by atomic mass is 10.0. The van der Waals surface area contributed by atoms with Crippen LogP contribution in [0.15, 0.2) is 59.2 Å². The van der Waals surface area contributed by atoms with Crippen molar-refractivity contribution in [1.82, 2.24) is 9.36 Å². The number of benzene rings is 2. The summed E-state index contributed by atoms with van der Waals surface area (Å²) in [6, 6.07) is 16.0. The zero-order chi connectivity index (χ0) is 18.2. The number of pyridine rings is 1. The molecule has 1 aliphatic rings. The van der Waals surface area contributed by atoms with Crippen molar-refractivity contribution in [2.24, 2.45) is 0 Å². The summed E-state index contributed by atoms with van der Waals surface area (Å²) in [5.74, 6) is 2.32. The minimum absolute atomic E-state index is 0.573. The van der Waals surface area contributed by atoms with Crippen LogP contribution < -0.4 is 14.8 Å². The van der Waals surface area contributed by atoms with Crippen molar-refractivity contribution in [1.29, 1.82) is 0 Å². The van der Waals surface area contributed by atoms with E-state index in [1.807, 2.05) is 42.5 Å². The van der Waals surface area contributed by atoms with Gasteiger partial charge in [0.2, 0.25) is 0 Å². The molecule has 0 spiro atoms. The molecule has 0 radical (unpaired) electrons. The fourth-order valence-corrected chi connectivity index (χ4v) is 4.34. The Balaban J connectivity index is 1.53. The van der Waals surface area contributed by atoms with Gasteiger partial charge in [-0.05, 0) is 68.9 Å². The fourth-order valence-electron chi connectivity index (χ4n) is 3.05. The number of fused-ring (bicyclic) bond motifs is 2. The van der Waals surface area contributed by atoms with Crippen molar-refractivity contribution >= 4 is 49.2 Å². The Hall–Kier alpha value is -2.64. The summed E-state index contributed by atoms with van der Waals surface area (Å²) in [4.78, 5) is 4.44. The maximum absolute atomic E-state index is 5.72. The second-order valence-corrected chi connectivity index (χ2v) is 7.63. The lowest BCUT2D eigenvalue weighted by Gasteiger charge is -2.19. The van der Waals surface area contributed by atoms with E-state index < -0.39 is 0 Å². The van der Waals surface area contributed by atoms with Gasteiger partial charge in [-0.15, -0.1) is 0 Å². The molecule has 0 amide bonds. The van der Waals surface area contributed by atoms with Gasteiger partial charge < -0.3 is 14.8 Å². The Kier molecular flexibility index (Phi) is 4.18. The zero-order valence-corrected chi connectivity index (χ0v) is 16.5. The number of nitrogens with zero attached hydrogens (tertiary/aromatic N) is 2. The van der Waals surface area contributed by atoms with Gasteiger partial charge in [0.05, 0.1) is 10.4 Å². The lowest BCUT2D eigenvalue weighted by molar-refractivity contribution is 0.171. The van der Waals surface area contributed by atoms with Gasteiger partial charge in [0.15, 0.2) is 17.3 Å². The van der Waals surface area contributed by atoms with Gasteiger partial charge in [-0.3, -0.25) is 4.98 Å². The maximum atomic E-state index is 5.72. The smallest absolute Gasteiger partial charge is 0.170 e. The molecule has 2 aromatic carbocycles. The first kappa shape index (κ1) is 16.5. The molecule has 0 saturated heterocycles. The Morgan fingerprint density at radius 1 is 1.00 bits per heavy atom. The van der Waals surface area contributed by atoms with Gasteiger partial charge in [-0.2, -0.15) is 4.37 Å². The molecule has 0 atom stereocenters. The normalized spacial score (nSPS) is 12.9. The Bertz CT molecular complexity index is 1150. The standard InChI is InChI=1S/C20H14BrN3O2S/c21-18-13(12-6-7-15-16(11-12)26-10-9-25-15)3-1-4-14(18)23-20-19-17(27-24-20)5-2-8-22-19/h1-8,11H,9-10H2,(H,23,24). The van der Waals surface area contributed by atoms with Crippen LogP contribution in [0.4, 0.5) is 11.5 Å². The summed E-state index contributed by atoms with van der Waals surface area (Å²) in [6.07, 6.45) is 1.78. The summed E-state index contributed by atoms with van der Waals surface area (Å²) in [5.41, 5.74) is 3.92. The molecule has 0 bridgehead atoms. The highest BCUT2D eigenvalue weighted by Crippen LogP contribution is 2.40. The Morgan fingerprint density at radius 2 is 1.89 bits per heavy atom. The fraction of sp³-hybridized carbons (Fsp3) is 0.100. The van der Waals surface area contributed by atoms with Crippen molar-refractivity contribution in [3.05, 3.63) is 59.2 Å². The van der Waals surface area contributed by atoms with E-state index in [-0.39, 0.29) is 0 Å². The van der Waals surface area contributed by atoms with Crippen molar-refractivity contribution < 1.29 is 9.47 Å². The number of hydrogen-bond donors (Lipinski definition) is 1. The van der Waals surface area contributed by atoms with Crippen LogP contribution in [0.1, 0.15) is 0 Å². The third kappa shape index (κ3) is 3.02. The molecule has 5 rings (SSSR count). The summed E-state index contributed by atoms with van der Waals surface area (Å²) in [6.45, 7) is 1.16. The number of ether oxygens (including phenoxy) is 2. The molecule has 2 aromatic heterocycles. The minimum Gasteiger partial charge on any atom is -0.486 e.